The van der Waals surface area contributed by atoms with E-state index in [1.54, 1.807) is 0 Å². The third-order valence-electron chi connectivity index (χ3n) is 12.9. The standard InChI is InChI=1S/C59H40N2/c1-3-17-45(18-4-1)59(46-19-5-2-6-20-46)55-24-12-9-21-51(55)52-38-37-50(40-56(52)59)60(49-36-31-41-15-7-8-16-44(41)39-49)47-32-27-42(28-33-47)43-29-34-48(35-30-43)61-57-25-13-10-22-53(57)54-23-11-14-26-58(54)61/h1-40H. The summed E-state index contributed by atoms with van der Waals surface area (Å²) in [5, 5.41) is 4.98. The van der Waals surface area contributed by atoms with Crippen molar-refractivity contribution >= 4 is 49.6 Å². The van der Waals surface area contributed by atoms with Gasteiger partial charge in [-0.15, -0.1) is 0 Å². The van der Waals surface area contributed by atoms with Crippen LogP contribution in [0.15, 0.2) is 243 Å². The van der Waals surface area contributed by atoms with Gasteiger partial charge in [-0.2, -0.15) is 0 Å². The van der Waals surface area contributed by atoms with Gasteiger partial charge in [0.25, 0.3) is 0 Å². The van der Waals surface area contributed by atoms with Crippen LogP contribution >= 0.6 is 0 Å². The zero-order valence-corrected chi connectivity index (χ0v) is 33.5. The summed E-state index contributed by atoms with van der Waals surface area (Å²) in [7, 11) is 0. The van der Waals surface area contributed by atoms with Crippen LogP contribution < -0.4 is 4.90 Å². The van der Waals surface area contributed by atoms with Gasteiger partial charge >= 0.3 is 0 Å². The van der Waals surface area contributed by atoms with Crippen LogP contribution in [0.5, 0.6) is 0 Å². The molecule has 0 unspecified atom stereocenters. The Morgan fingerprint density at radius 3 is 1.49 bits per heavy atom. The van der Waals surface area contributed by atoms with E-state index in [0.29, 0.717) is 0 Å². The maximum Gasteiger partial charge on any atom is 0.0714 e. The molecule has 0 aliphatic heterocycles. The summed E-state index contributed by atoms with van der Waals surface area (Å²) in [6.45, 7) is 0. The van der Waals surface area contributed by atoms with E-state index < -0.39 is 5.41 Å². The Hall–Kier alpha value is -7.94. The highest BCUT2D eigenvalue weighted by atomic mass is 15.1. The Morgan fingerprint density at radius 1 is 0.328 bits per heavy atom. The summed E-state index contributed by atoms with van der Waals surface area (Å²) in [5.74, 6) is 0. The van der Waals surface area contributed by atoms with E-state index in [1.807, 2.05) is 0 Å². The predicted molar refractivity (Wildman–Crippen MR) is 256 cm³/mol. The molecule has 12 rings (SSSR count). The molecular formula is C59H40N2. The molecule has 0 spiro atoms. The lowest BCUT2D eigenvalue weighted by Crippen LogP contribution is -2.28. The molecular weight excluding hydrogens is 737 g/mol. The molecule has 1 aliphatic carbocycles. The molecule has 1 aliphatic rings. The summed E-state index contributed by atoms with van der Waals surface area (Å²) in [6, 6.07) is 89.0. The summed E-state index contributed by atoms with van der Waals surface area (Å²) >= 11 is 0. The lowest BCUT2D eigenvalue weighted by Gasteiger charge is -2.35. The highest BCUT2D eigenvalue weighted by molar-refractivity contribution is 6.09. The topological polar surface area (TPSA) is 8.17 Å². The average molecular weight is 777 g/mol. The Labute approximate surface area is 355 Å². The number of aromatic nitrogens is 1. The van der Waals surface area contributed by atoms with E-state index in [-0.39, 0.29) is 0 Å². The Bertz CT molecular complexity index is 3310. The number of hydrogen-bond acceptors (Lipinski definition) is 1. The average Bonchev–Trinajstić information content (AvgIpc) is 3.83. The van der Waals surface area contributed by atoms with Crippen molar-refractivity contribution in [1.29, 1.82) is 0 Å². The van der Waals surface area contributed by atoms with Gasteiger partial charge in [0.1, 0.15) is 0 Å². The number of para-hydroxylation sites is 2. The fourth-order valence-electron chi connectivity index (χ4n) is 10.1. The number of anilines is 3. The maximum atomic E-state index is 2.45. The Morgan fingerprint density at radius 2 is 0.820 bits per heavy atom. The van der Waals surface area contributed by atoms with Gasteiger partial charge in [0, 0.05) is 33.5 Å². The van der Waals surface area contributed by atoms with Gasteiger partial charge < -0.3 is 9.47 Å². The van der Waals surface area contributed by atoms with E-state index in [4.69, 9.17) is 0 Å². The van der Waals surface area contributed by atoms with Crippen LogP contribution in [0, 0.1) is 0 Å². The fourth-order valence-corrected chi connectivity index (χ4v) is 10.1. The van der Waals surface area contributed by atoms with Crippen LogP contribution in [-0.4, -0.2) is 4.57 Å². The van der Waals surface area contributed by atoms with Gasteiger partial charge in [-0.3, -0.25) is 0 Å². The number of rotatable bonds is 7. The zero-order valence-electron chi connectivity index (χ0n) is 33.5. The zero-order chi connectivity index (χ0) is 40.3. The molecule has 0 saturated carbocycles. The Kier molecular flexibility index (Phi) is 8.11. The molecule has 0 bridgehead atoms. The Balaban J connectivity index is 0.991. The van der Waals surface area contributed by atoms with Crippen molar-refractivity contribution in [2.24, 2.45) is 0 Å². The second kappa shape index (κ2) is 14.1. The molecule has 61 heavy (non-hydrogen) atoms. The van der Waals surface area contributed by atoms with Crippen molar-refractivity contribution in [2.45, 2.75) is 5.41 Å². The molecule has 0 radical (unpaired) electrons. The second-order valence-corrected chi connectivity index (χ2v) is 16.1. The van der Waals surface area contributed by atoms with Gasteiger partial charge in [0.2, 0.25) is 0 Å². The molecule has 0 saturated heterocycles. The molecule has 10 aromatic carbocycles. The van der Waals surface area contributed by atoms with Crippen molar-refractivity contribution < 1.29 is 0 Å². The highest BCUT2D eigenvalue weighted by Crippen LogP contribution is 2.57. The third-order valence-corrected chi connectivity index (χ3v) is 12.9. The molecule has 11 aromatic rings. The van der Waals surface area contributed by atoms with Gasteiger partial charge in [-0.05, 0) is 116 Å². The highest BCUT2D eigenvalue weighted by Gasteiger charge is 2.46. The molecule has 0 atom stereocenters. The first-order chi connectivity index (χ1) is 30.3. The summed E-state index contributed by atoms with van der Waals surface area (Å²) < 4.78 is 2.37. The fraction of sp³-hybridized carbons (Fsp3) is 0.0169. The first-order valence-corrected chi connectivity index (χ1v) is 21.1. The molecule has 0 N–H and O–H groups in total. The minimum absolute atomic E-state index is 0.491. The number of nitrogens with zero attached hydrogens (tertiary/aromatic N) is 2. The van der Waals surface area contributed by atoms with Crippen LogP contribution in [0.25, 0.3) is 60.5 Å². The van der Waals surface area contributed by atoms with Crippen LogP contribution in [-0.2, 0) is 5.41 Å². The molecule has 2 heteroatoms. The number of hydrogen-bond donors (Lipinski definition) is 0. The third kappa shape index (κ3) is 5.50. The first-order valence-electron chi connectivity index (χ1n) is 21.1. The summed E-state index contributed by atoms with van der Waals surface area (Å²) in [4.78, 5) is 2.42. The van der Waals surface area contributed by atoms with Gasteiger partial charge in [0.15, 0.2) is 0 Å². The smallest absolute Gasteiger partial charge is 0.0714 e. The van der Waals surface area contributed by atoms with Crippen LogP contribution in [0.3, 0.4) is 0 Å². The van der Waals surface area contributed by atoms with E-state index in [1.165, 1.54) is 77.1 Å². The van der Waals surface area contributed by atoms with Crippen molar-refractivity contribution in [3.63, 3.8) is 0 Å². The van der Waals surface area contributed by atoms with Crippen molar-refractivity contribution in [1.82, 2.24) is 4.57 Å². The monoisotopic (exact) mass is 776 g/mol. The van der Waals surface area contributed by atoms with E-state index >= 15 is 0 Å². The largest absolute Gasteiger partial charge is 0.310 e. The summed E-state index contributed by atoms with van der Waals surface area (Å²) in [5.41, 5.74) is 16.4. The summed E-state index contributed by atoms with van der Waals surface area (Å²) in [6.07, 6.45) is 0. The second-order valence-electron chi connectivity index (χ2n) is 16.1. The molecule has 1 heterocycles. The normalized spacial score (nSPS) is 12.7. The quantitative estimate of drug-likeness (QED) is 0.156. The number of benzene rings is 10. The van der Waals surface area contributed by atoms with Crippen molar-refractivity contribution in [3.8, 4) is 27.9 Å². The molecule has 0 amide bonds. The van der Waals surface area contributed by atoms with E-state index in [9.17, 15) is 0 Å². The maximum absolute atomic E-state index is 2.45. The minimum atomic E-state index is -0.491. The molecule has 0 fully saturated rings. The number of fused-ring (bicyclic) bond motifs is 7. The minimum Gasteiger partial charge on any atom is -0.310 e. The van der Waals surface area contributed by atoms with Gasteiger partial charge in [-0.1, -0.05) is 182 Å². The van der Waals surface area contributed by atoms with Crippen molar-refractivity contribution in [2.75, 3.05) is 4.90 Å². The predicted octanol–water partition coefficient (Wildman–Crippen LogP) is 15.4. The van der Waals surface area contributed by atoms with Gasteiger partial charge in [0.05, 0.1) is 16.4 Å². The van der Waals surface area contributed by atoms with Crippen molar-refractivity contribution in [3.05, 3.63) is 265 Å². The van der Waals surface area contributed by atoms with Crippen LogP contribution in [0.2, 0.25) is 0 Å². The van der Waals surface area contributed by atoms with E-state index in [0.717, 1.165) is 22.7 Å². The molecule has 2 nitrogen and oxygen atoms in total. The lowest BCUT2D eigenvalue weighted by atomic mass is 9.67. The molecule has 1 aromatic heterocycles. The lowest BCUT2D eigenvalue weighted by molar-refractivity contribution is 0.768. The SMILES string of the molecule is c1ccc(C2(c3ccccc3)c3ccccc3-c3ccc(N(c4ccc(-c5ccc(-n6c7ccccc7c7ccccc76)cc5)cc4)c4ccc5ccccc5c4)cc32)cc1. The molecule has 286 valence electrons. The van der Waals surface area contributed by atoms with Crippen LogP contribution in [0.1, 0.15) is 22.3 Å². The van der Waals surface area contributed by atoms with E-state index in [2.05, 4.69) is 252 Å². The van der Waals surface area contributed by atoms with Gasteiger partial charge in [-0.25, -0.2) is 0 Å². The van der Waals surface area contributed by atoms with Crippen LogP contribution in [0.4, 0.5) is 17.1 Å². The first kappa shape index (κ1) is 35.0.